The predicted octanol–water partition coefficient (Wildman–Crippen LogP) is 4.90. The molecule has 2 aliphatic rings. The summed E-state index contributed by atoms with van der Waals surface area (Å²) in [5.41, 5.74) is 5.04. The van der Waals surface area contributed by atoms with E-state index < -0.39 is 46.9 Å². The number of Topliss-reactive ketones (excluding diaryl/α,β-unsaturated/α-hetero) is 1. The number of halogens is 3. The van der Waals surface area contributed by atoms with E-state index in [1.54, 1.807) is 6.07 Å². The molecule has 1 saturated carbocycles. The summed E-state index contributed by atoms with van der Waals surface area (Å²) < 4.78 is 54.3. The van der Waals surface area contributed by atoms with Gasteiger partial charge in [0, 0.05) is 49.2 Å². The van der Waals surface area contributed by atoms with Crippen LogP contribution in [-0.4, -0.2) is 72.0 Å². The van der Waals surface area contributed by atoms with Crippen LogP contribution in [-0.2, 0) is 31.7 Å². The smallest absolute Gasteiger partial charge is 0.418 e. The van der Waals surface area contributed by atoms with Crippen molar-refractivity contribution in [2.24, 2.45) is 11.1 Å². The van der Waals surface area contributed by atoms with Gasteiger partial charge < -0.3 is 30.0 Å². The van der Waals surface area contributed by atoms with Crippen molar-refractivity contribution in [3.8, 4) is 5.69 Å². The monoisotopic (exact) mass is 634 g/mol. The number of ketones is 1. The van der Waals surface area contributed by atoms with E-state index in [0.29, 0.717) is 43.6 Å². The Balaban J connectivity index is 1.50. The van der Waals surface area contributed by atoms with Crippen molar-refractivity contribution in [2.45, 2.75) is 90.1 Å². The Morgan fingerprint density at radius 1 is 1.13 bits per heavy atom. The van der Waals surface area contributed by atoms with Crippen LogP contribution in [0.25, 0.3) is 5.69 Å². The number of nitrogens with two attached hydrogens (primary N) is 1. The Morgan fingerprint density at radius 3 is 2.38 bits per heavy atom. The molecule has 0 bridgehead atoms. The fourth-order valence-corrected chi connectivity index (χ4v) is 6.28. The van der Waals surface area contributed by atoms with Crippen LogP contribution in [0.2, 0.25) is 0 Å². The molecule has 1 amide bonds. The van der Waals surface area contributed by atoms with E-state index in [-0.39, 0.29) is 48.2 Å². The van der Waals surface area contributed by atoms with E-state index in [4.69, 9.17) is 15.2 Å². The lowest BCUT2D eigenvalue weighted by Crippen LogP contribution is -2.35. The molecule has 4 rings (SSSR count). The van der Waals surface area contributed by atoms with Crippen LogP contribution in [0.15, 0.2) is 24.4 Å². The van der Waals surface area contributed by atoms with E-state index in [0.717, 1.165) is 6.20 Å². The number of esters is 2. The summed E-state index contributed by atoms with van der Waals surface area (Å²) in [5, 5.41) is 3.33. The van der Waals surface area contributed by atoms with Gasteiger partial charge in [-0.1, -0.05) is 13.8 Å². The van der Waals surface area contributed by atoms with Crippen LogP contribution < -0.4 is 11.1 Å². The number of fused-ring (bicyclic) bond motifs is 1. The van der Waals surface area contributed by atoms with Crippen molar-refractivity contribution in [3.05, 3.63) is 46.8 Å². The molecule has 13 heteroatoms. The summed E-state index contributed by atoms with van der Waals surface area (Å²) in [6, 6.07) is 4.45. The van der Waals surface area contributed by atoms with Gasteiger partial charge in [0.15, 0.2) is 5.78 Å². The molecule has 1 fully saturated rings. The quantitative estimate of drug-likeness (QED) is 0.353. The van der Waals surface area contributed by atoms with Gasteiger partial charge in [-0.05, 0) is 69.8 Å². The minimum atomic E-state index is -4.71. The van der Waals surface area contributed by atoms with Gasteiger partial charge in [0.25, 0.3) is 5.91 Å². The second-order valence-corrected chi connectivity index (χ2v) is 13.1. The van der Waals surface area contributed by atoms with Crippen molar-refractivity contribution in [2.75, 3.05) is 26.0 Å². The van der Waals surface area contributed by atoms with E-state index in [9.17, 15) is 32.3 Å². The number of amides is 1. The Kier molecular flexibility index (Phi) is 10.0. The van der Waals surface area contributed by atoms with E-state index in [1.807, 2.05) is 32.8 Å². The summed E-state index contributed by atoms with van der Waals surface area (Å²) in [7, 11) is 3.62. The minimum absolute atomic E-state index is 0.0152. The molecule has 1 unspecified atom stereocenters. The third kappa shape index (κ3) is 8.44. The maximum Gasteiger partial charge on any atom is 0.418 e. The molecule has 246 valence electrons. The first kappa shape index (κ1) is 34.0. The molecule has 1 atom stereocenters. The second-order valence-electron chi connectivity index (χ2n) is 13.1. The van der Waals surface area contributed by atoms with Gasteiger partial charge in [-0.15, -0.1) is 0 Å². The SMILES string of the molecule is CC(=O)OC(CC(=O)OC1CCC(Nc2cc(-n3cc(C(F)(F)F)c4c3CC(C)(C)CC4=O)ccc2C(N)=O)CC1)CN(C)C. The van der Waals surface area contributed by atoms with Crippen molar-refractivity contribution in [3.63, 3.8) is 0 Å². The Labute approximate surface area is 260 Å². The highest BCUT2D eigenvalue weighted by Crippen LogP contribution is 2.43. The van der Waals surface area contributed by atoms with Gasteiger partial charge >= 0.3 is 18.1 Å². The summed E-state index contributed by atoms with van der Waals surface area (Å²) in [6.07, 6.45) is -2.23. The maximum atomic E-state index is 14.0. The van der Waals surface area contributed by atoms with Crippen LogP contribution in [0.5, 0.6) is 0 Å². The van der Waals surface area contributed by atoms with Crippen molar-refractivity contribution in [1.82, 2.24) is 9.47 Å². The third-order valence-electron chi connectivity index (χ3n) is 8.15. The molecule has 0 radical (unpaired) electrons. The molecule has 1 aromatic carbocycles. The highest BCUT2D eigenvalue weighted by atomic mass is 19.4. The van der Waals surface area contributed by atoms with Crippen LogP contribution in [0.1, 0.15) is 91.3 Å². The maximum absolute atomic E-state index is 14.0. The number of hydrogen-bond donors (Lipinski definition) is 2. The molecule has 10 nitrogen and oxygen atoms in total. The topological polar surface area (TPSA) is 133 Å². The van der Waals surface area contributed by atoms with E-state index in [2.05, 4.69) is 5.32 Å². The first-order chi connectivity index (χ1) is 20.9. The minimum Gasteiger partial charge on any atom is -0.462 e. The molecule has 1 aromatic heterocycles. The van der Waals surface area contributed by atoms with Crippen LogP contribution in [0.4, 0.5) is 18.9 Å². The lowest BCUT2D eigenvalue weighted by Gasteiger charge is -2.31. The number of ether oxygens (including phenoxy) is 2. The summed E-state index contributed by atoms with van der Waals surface area (Å²) >= 11 is 0. The predicted molar refractivity (Wildman–Crippen MR) is 160 cm³/mol. The fraction of sp³-hybridized carbons (Fsp3) is 0.562. The first-order valence-electron chi connectivity index (χ1n) is 15.0. The average Bonchev–Trinajstić information content (AvgIpc) is 3.28. The van der Waals surface area contributed by atoms with Gasteiger partial charge in [0.05, 0.1) is 23.1 Å². The van der Waals surface area contributed by atoms with Gasteiger partial charge in [-0.3, -0.25) is 19.2 Å². The number of benzene rings is 1. The zero-order valence-corrected chi connectivity index (χ0v) is 26.3. The molecule has 2 aliphatic carbocycles. The molecule has 0 spiro atoms. The number of nitrogens with zero attached hydrogens (tertiary/aromatic N) is 2. The number of nitrogens with one attached hydrogen (secondary N) is 1. The van der Waals surface area contributed by atoms with Crippen LogP contribution in [0, 0.1) is 5.41 Å². The summed E-state index contributed by atoms with van der Waals surface area (Å²) in [4.78, 5) is 51.0. The first-order valence-corrected chi connectivity index (χ1v) is 15.0. The average molecular weight is 635 g/mol. The van der Waals surface area contributed by atoms with E-state index >= 15 is 0 Å². The number of rotatable bonds is 10. The second kappa shape index (κ2) is 13.2. The highest BCUT2D eigenvalue weighted by Gasteiger charge is 2.43. The number of anilines is 1. The molecular weight excluding hydrogens is 593 g/mol. The molecular formula is C32H41F3N4O6. The van der Waals surface area contributed by atoms with Crippen LogP contribution >= 0.6 is 0 Å². The fourth-order valence-electron chi connectivity index (χ4n) is 6.28. The number of carbonyl (C=O) groups excluding carboxylic acids is 4. The van der Waals surface area contributed by atoms with Crippen molar-refractivity contribution >= 4 is 29.3 Å². The third-order valence-corrected chi connectivity index (χ3v) is 8.15. The van der Waals surface area contributed by atoms with Gasteiger partial charge in [0.1, 0.15) is 12.2 Å². The van der Waals surface area contributed by atoms with E-state index in [1.165, 1.54) is 23.6 Å². The molecule has 0 aliphatic heterocycles. The lowest BCUT2D eigenvalue weighted by atomic mass is 9.75. The number of carbonyl (C=O) groups is 4. The van der Waals surface area contributed by atoms with Crippen molar-refractivity contribution < 1.29 is 41.8 Å². The number of aromatic nitrogens is 1. The van der Waals surface area contributed by atoms with Gasteiger partial charge in [-0.25, -0.2) is 0 Å². The number of likely N-dealkylation sites (N-methyl/N-ethyl adjacent to an activating group) is 1. The largest absolute Gasteiger partial charge is 0.462 e. The molecule has 0 saturated heterocycles. The van der Waals surface area contributed by atoms with Crippen molar-refractivity contribution in [1.29, 1.82) is 0 Å². The van der Waals surface area contributed by atoms with Gasteiger partial charge in [0.2, 0.25) is 0 Å². The van der Waals surface area contributed by atoms with Crippen LogP contribution in [0.3, 0.4) is 0 Å². The summed E-state index contributed by atoms with van der Waals surface area (Å²) in [5.74, 6) is -2.18. The summed E-state index contributed by atoms with van der Waals surface area (Å²) in [6.45, 7) is 5.36. The Morgan fingerprint density at radius 2 is 1.80 bits per heavy atom. The molecule has 1 heterocycles. The molecule has 3 N–H and O–H groups in total. The van der Waals surface area contributed by atoms with Gasteiger partial charge in [-0.2, -0.15) is 13.2 Å². The Bertz CT molecular complexity index is 1460. The standard InChI is InChI=1S/C32H41F3N4O6/c1-18(40)44-22(16-38(4)5)13-28(42)45-21-9-6-19(7-10-21)37-25-12-20(8-11-23(25)30(36)43)39-17-24(32(33,34)35)29-26(39)14-31(2,3)15-27(29)41/h8,11-12,17,19,21-22,37H,6-7,9-10,13-16H2,1-5H3,(H2,36,43). The number of alkyl halides is 3. The normalized spacial score (nSPS) is 20.3. The zero-order chi connectivity index (χ0) is 33.3. The number of primary amides is 1. The molecule has 45 heavy (non-hydrogen) atoms. The number of hydrogen-bond acceptors (Lipinski definition) is 8. The lowest BCUT2D eigenvalue weighted by molar-refractivity contribution is -0.158. The zero-order valence-electron chi connectivity index (χ0n) is 26.3. The Hall–Kier alpha value is -3.87. The highest BCUT2D eigenvalue weighted by molar-refractivity contribution is 6.01. The molecule has 2 aromatic rings.